The molecule has 0 saturated heterocycles. The van der Waals surface area contributed by atoms with E-state index in [0.29, 0.717) is 53.8 Å². The van der Waals surface area contributed by atoms with Gasteiger partial charge in [0.2, 0.25) is 5.88 Å². The van der Waals surface area contributed by atoms with Crippen LogP contribution >= 0.6 is 0 Å². The van der Waals surface area contributed by atoms with E-state index in [4.69, 9.17) is 24.7 Å². The summed E-state index contributed by atoms with van der Waals surface area (Å²) in [6.45, 7) is 4.94. The van der Waals surface area contributed by atoms with E-state index in [1.807, 2.05) is 13.8 Å². The zero-order chi connectivity index (χ0) is 21.8. The van der Waals surface area contributed by atoms with Gasteiger partial charge in [0.1, 0.15) is 17.4 Å². The van der Waals surface area contributed by atoms with Gasteiger partial charge in [-0.3, -0.25) is 4.79 Å². The summed E-state index contributed by atoms with van der Waals surface area (Å²) in [6.07, 6.45) is 0. The van der Waals surface area contributed by atoms with Crippen molar-refractivity contribution in [3.8, 4) is 23.3 Å². The number of allylic oxidation sites excluding steroid dienone is 1. The number of nitriles is 1. The highest BCUT2D eigenvalue weighted by Crippen LogP contribution is 2.42. The number of benzene rings is 1. The van der Waals surface area contributed by atoms with Crippen molar-refractivity contribution in [1.82, 2.24) is 4.57 Å². The number of fused-ring (bicyclic) bond motifs is 1. The standard InChI is InChI=1S/C22H25N3O5/c1-5-29-16-7-6-14(11-17(16)28-4)19-15(12-23)21(24)30-18-10-13(2)25(8-9-27-3)22(26)20(18)19/h6-7,10-11,19H,5,8-9,24H2,1-4H3/t19-/m1/s1. The number of rotatable bonds is 7. The van der Waals surface area contributed by atoms with Crippen molar-refractivity contribution < 1.29 is 18.9 Å². The zero-order valence-corrected chi connectivity index (χ0v) is 17.5. The van der Waals surface area contributed by atoms with E-state index in [0.717, 1.165) is 0 Å². The van der Waals surface area contributed by atoms with E-state index in [2.05, 4.69) is 6.07 Å². The first-order valence-electron chi connectivity index (χ1n) is 9.58. The van der Waals surface area contributed by atoms with Gasteiger partial charge in [0.05, 0.1) is 31.8 Å². The Labute approximate surface area is 175 Å². The lowest BCUT2D eigenvalue weighted by molar-refractivity contribution is 0.185. The average molecular weight is 411 g/mol. The molecule has 0 unspecified atom stereocenters. The first-order valence-corrected chi connectivity index (χ1v) is 9.58. The van der Waals surface area contributed by atoms with Crippen molar-refractivity contribution in [2.24, 2.45) is 5.73 Å². The van der Waals surface area contributed by atoms with Crippen LogP contribution < -0.4 is 25.5 Å². The molecule has 2 N–H and O–H groups in total. The predicted octanol–water partition coefficient (Wildman–Crippen LogP) is 2.43. The van der Waals surface area contributed by atoms with Gasteiger partial charge in [0.25, 0.3) is 5.56 Å². The summed E-state index contributed by atoms with van der Waals surface area (Å²) in [5, 5.41) is 9.79. The molecule has 1 aliphatic rings. The van der Waals surface area contributed by atoms with Gasteiger partial charge in [-0.2, -0.15) is 5.26 Å². The molecule has 0 fully saturated rings. The minimum atomic E-state index is -0.690. The first kappa shape index (κ1) is 21.3. The maximum Gasteiger partial charge on any atom is 0.258 e. The molecule has 0 radical (unpaired) electrons. The van der Waals surface area contributed by atoms with Gasteiger partial charge in [-0.1, -0.05) is 6.07 Å². The smallest absolute Gasteiger partial charge is 0.258 e. The highest BCUT2D eigenvalue weighted by molar-refractivity contribution is 5.57. The van der Waals surface area contributed by atoms with E-state index in [-0.39, 0.29) is 17.0 Å². The molecule has 0 aliphatic carbocycles. The summed E-state index contributed by atoms with van der Waals surface area (Å²) in [7, 11) is 3.12. The Bertz CT molecular complexity index is 1080. The third kappa shape index (κ3) is 3.72. The van der Waals surface area contributed by atoms with Crippen molar-refractivity contribution in [3.05, 3.63) is 62.9 Å². The first-order chi connectivity index (χ1) is 14.5. The molecule has 0 spiro atoms. The van der Waals surface area contributed by atoms with Gasteiger partial charge in [-0.25, -0.2) is 0 Å². The molecule has 1 aliphatic heterocycles. The maximum atomic E-state index is 13.4. The molecule has 8 nitrogen and oxygen atoms in total. The Hall–Kier alpha value is -3.44. The van der Waals surface area contributed by atoms with Gasteiger partial charge in [-0.15, -0.1) is 0 Å². The largest absolute Gasteiger partial charge is 0.493 e. The van der Waals surface area contributed by atoms with Crippen molar-refractivity contribution in [3.63, 3.8) is 0 Å². The van der Waals surface area contributed by atoms with Crippen LogP contribution in [0, 0.1) is 18.3 Å². The Morgan fingerprint density at radius 1 is 1.27 bits per heavy atom. The van der Waals surface area contributed by atoms with E-state index in [9.17, 15) is 10.1 Å². The lowest BCUT2D eigenvalue weighted by atomic mass is 9.84. The van der Waals surface area contributed by atoms with Gasteiger partial charge in [0, 0.05) is 25.4 Å². The van der Waals surface area contributed by atoms with Crippen LogP contribution in [0.15, 0.2) is 40.5 Å². The number of methoxy groups -OCH3 is 2. The molecular weight excluding hydrogens is 386 g/mol. The number of hydrogen-bond donors (Lipinski definition) is 1. The lowest BCUT2D eigenvalue weighted by Crippen LogP contribution is -2.33. The molecule has 1 aromatic carbocycles. The Kier molecular flexibility index (Phi) is 6.33. The van der Waals surface area contributed by atoms with Crippen molar-refractivity contribution in [2.75, 3.05) is 27.4 Å². The summed E-state index contributed by atoms with van der Waals surface area (Å²) in [6, 6.07) is 9.19. The Morgan fingerprint density at radius 3 is 2.67 bits per heavy atom. The van der Waals surface area contributed by atoms with Crippen molar-refractivity contribution in [2.45, 2.75) is 26.3 Å². The number of pyridine rings is 1. The van der Waals surface area contributed by atoms with Crippen LogP contribution in [0.2, 0.25) is 0 Å². The van der Waals surface area contributed by atoms with E-state index < -0.39 is 5.92 Å². The molecule has 158 valence electrons. The summed E-state index contributed by atoms with van der Waals surface area (Å²) in [4.78, 5) is 13.4. The zero-order valence-electron chi connectivity index (χ0n) is 17.5. The predicted molar refractivity (Wildman–Crippen MR) is 111 cm³/mol. The normalized spacial score (nSPS) is 15.2. The fraction of sp³-hybridized carbons (Fsp3) is 0.364. The molecule has 30 heavy (non-hydrogen) atoms. The third-order valence-corrected chi connectivity index (χ3v) is 5.03. The van der Waals surface area contributed by atoms with Crippen molar-refractivity contribution >= 4 is 0 Å². The molecular formula is C22H25N3O5. The molecule has 3 rings (SSSR count). The number of hydrogen-bond acceptors (Lipinski definition) is 7. The molecule has 8 heteroatoms. The molecule has 0 saturated carbocycles. The monoisotopic (exact) mass is 411 g/mol. The third-order valence-electron chi connectivity index (χ3n) is 5.03. The van der Waals surface area contributed by atoms with Gasteiger partial charge in [0.15, 0.2) is 11.5 Å². The number of aromatic nitrogens is 1. The van der Waals surface area contributed by atoms with E-state index in [1.165, 1.54) is 7.11 Å². The molecule has 2 aromatic rings. The summed E-state index contributed by atoms with van der Waals surface area (Å²) in [5.74, 6) is 0.722. The van der Waals surface area contributed by atoms with Crippen LogP contribution in [0.4, 0.5) is 0 Å². The van der Waals surface area contributed by atoms with Crippen LogP contribution in [0.5, 0.6) is 17.2 Å². The minimum absolute atomic E-state index is 0.0173. The second-order valence-electron chi connectivity index (χ2n) is 6.78. The molecule has 0 amide bonds. The van der Waals surface area contributed by atoms with Gasteiger partial charge in [-0.05, 0) is 31.5 Å². The number of ether oxygens (including phenoxy) is 4. The molecule has 2 heterocycles. The SMILES string of the molecule is CCOc1ccc([C@@H]2C(C#N)=C(N)Oc3cc(C)n(CCOC)c(=O)c32)cc1OC. The van der Waals surface area contributed by atoms with Crippen LogP contribution in [0.3, 0.4) is 0 Å². The maximum absolute atomic E-state index is 13.4. The average Bonchev–Trinajstić information content (AvgIpc) is 2.73. The molecule has 0 bridgehead atoms. The van der Waals surface area contributed by atoms with Crippen LogP contribution in [-0.2, 0) is 11.3 Å². The molecule has 1 aromatic heterocycles. The summed E-state index contributed by atoms with van der Waals surface area (Å²) in [5.41, 5.74) is 7.72. The Balaban J connectivity index is 2.24. The topological polar surface area (TPSA) is 109 Å². The fourth-order valence-corrected chi connectivity index (χ4v) is 3.62. The number of nitrogens with two attached hydrogens (primary N) is 1. The summed E-state index contributed by atoms with van der Waals surface area (Å²) < 4.78 is 23.4. The lowest BCUT2D eigenvalue weighted by Gasteiger charge is -2.27. The van der Waals surface area contributed by atoms with Crippen LogP contribution in [0.1, 0.15) is 29.7 Å². The van der Waals surface area contributed by atoms with E-state index in [1.54, 1.807) is 35.9 Å². The highest BCUT2D eigenvalue weighted by Gasteiger charge is 2.34. The Morgan fingerprint density at radius 2 is 2.03 bits per heavy atom. The van der Waals surface area contributed by atoms with Crippen molar-refractivity contribution in [1.29, 1.82) is 5.26 Å². The second-order valence-corrected chi connectivity index (χ2v) is 6.78. The fourth-order valence-electron chi connectivity index (χ4n) is 3.62. The van der Waals surface area contributed by atoms with Crippen LogP contribution in [-0.4, -0.2) is 32.0 Å². The van der Waals surface area contributed by atoms with Gasteiger partial charge < -0.3 is 29.2 Å². The molecule has 1 atom stereocenters. The number of aryl methyl sites for hydroxylation is 1. The van der Waals surface area contributed by atoms with Crippen LogP contribution in [0.25, 0.3) is 0 Å². The highest BCUT2D eigenvalue weighted by atomic mass is 16.5. The number of nitrogens with zero attached hydrogens (tertiary/aromatic N) is 2. The van der Waals surface area contributed by atoms with E-state index >= 15 is 0 Å². The summed E-state index contributed by atoms with van der Waals surface area (Å²) >= 11 is 0. The quantitative estimate of drug-likeness (QED) is 0.745. The minimum Gasteiger partial charge on any atom is -0.493 e. The van der Waals surface area contributed by atoms with Gasteiger partial charge >= 0.3 is 0 Å². The second kappa shape index (κ2) is 8.93.